The number of hydrogen-bond acceptors (Lipinski definition) is 3. The minimum absolute atomic E-state index is 0.0632. The second kappa shape index (κ2) is 12.4. The summed E-state index contributed by atoms with van der Waals surface area (Å²) in [5, 5.41) is 10.8. The molecule has 0 saturated carbocycles. The molecule has 0 aromatic carbocycles. The fourth-order valence-electron chi connectivity index (χ4n) is 3.55. The van der Waals surface area contributed by atoms with Gasteiger partial charge in [-0.3, -0.25) is 9.69 Å². The molecule has 1 N–H and O–H groups in total. The van der Waals surface area contributed by atoms with E-state index in [1.54, 1.807) is 6.08 Å². The van der Waals surface area contributed by atoms with Crippen molar-refractivity contribution in [1.29, 1.82) is 0 Å². The molecule has 3 heteroatoms. The minimum atomic E-state index is -0.609. The summed E-state index contributed by atoms with van der Waals surface area (Å²) in [6.45, 7) is 6.59. The zero-order valence-electron chi connectivity index (χ0n) is 15.8. The highest BCUT2D eigenvalue weighted by molar-refractivity contribution is 5.84. The number of likely N-dealkylation sites (N-methyl/N-ethyl adjacent to an activating group) is 1. The molecule has 1 saturated heterocycles. The van der Waals surface area contributed by atoms with E-state index in [4.69, 9.17) is 0 Å². The van der Waals surface area contributed by atoms with Gasteiger partial charge in [0, 0.05) is 6.42 Å². The van der Waals surface area contributed by atoms with Crippen molar-refractivity contribution in [3.63, 3.8) is 0 Å². The van der Waals surface area contributed by atoms with E-state index in [1.165, 1.54) is 32.1 Å². The summed E-state index contributed by atoms with van der Waals surface area (Å²) in [6.07, 6.45) is 16.0. The Hall–Kier alpha value is -0.930. The van der Waals surface area contributed by atoms with E-state index in [0.29, 0.717) is 6.42 Å². The van der Waals surface area contributed by atoms with E-state index in [-0.39, 0.29) is 17.7 Å². The molecule has 0 aromatic heterocycles. The van der Waals surface area contributed by atoms with Gasteiger partial charge in [0.15, 0.2) is 5.78 Å². The first kappa shape index (κ1) is 21.1. The first-order valence-corrected chi connectivity index (χ1v) is 9.76. The fourth-order valence-corrected chi connectivity index (χ4v) is 3.55. The minimum Gasteiger partial charge on any atom is -0.391 e. The summed E-state index contributed by atoms with van der Waals surface area (Å²) in [7, 11) is 2.00. The first-order valence-electron chi connectivity index (χ1n) is 9.76. The smallest absolute Gasteiger partial charge is 0.152 e. The molecule has 0 spiro atoms. The molecule has 0 amide bonds. The van der Waals surface area contributed by atoms with Gasteiger partial charge in [-0.05, 0) is 38.8 Å². The van der Waals surface area contributed by atoms with E-state index in [2.05, 4.69) is 11.5 Å². The van der Waals surface area contributed by atoms with Gasteiger partial charge in [0.05, 0.1) is 12.1 Å². The number of allylic oxidation sites excluding steroid dienone is 3. The molecule has 1 heterocycles. The van der Waals surface area contributed by atoms with Crippen LogP contribution in [0.25, 0.3) is 0 Å². The first-order chi connectivity index (χ1) is 11.6. The number of hydrogen-bond donors (Lipinski definition) is 1. The number of carbonyl (C=O) groups excluding carboxylic acids is 1. The molecule has 0 bridgehead atoms. The van der Waals surface area contributed by atoms with Crippen molar-refractivity contribution < 1.29 is 9.90 Å². The van der Waals surface area contributed by atoms with Crippen LogP contribution in [0.2, 0.25) is 0 Å². The molecule has 0 radical (unpaired) electrons. The Kier molecular flexibility index (Phi) is 10.9. The Labute approximate surface area is 148 Å². The molecule has 1 aliphatic rings. The molecule has 138 valence electrons. The van der Waals surface area contributed by atoms with Crippen LogP contribution < -0.4 is 0 Å². The Bertz CT molecular complexity index is 391. The van der Waals surface area contributed by atoms with Crippen molar-refractivity contribution in [3.8, 4) is 0 Å². The molecule has 1 rings (SSSR count). The number of nitrogens with zero attached hydrogens (tertiary/aromatic N) is 1. The Morgan fingerprint density at radius 3 is 2.38 bits per heavy atom. The third kappa shape index (κ3) is 7.76. The fraction of sp³-hybridized carbons (Fsp3) is 0.762. The highest BCUT2D eigenvalue weighted by atomic mass is 16.3. The lowest BCUT2D eigenvalue weighted by molar-refractivity contribution is -0.129. The standard InChI is InChI=1S/C21H37NO2/c1-4-5-12-15-18(2)21(24)20-19(23)16-13-10-8-6-7-9-11-14-17-22(20)3/h4-5,12,18,20-21,24H,1,6-11,13-17H2,2-3H3/b12-5+/t18-,20-,21?/m1/s1. The van der Waals surface area contributed by atoms with Crippen LogP contribution in [0.4, 0.5) is 0 Å². The van der Waals surface area contributed by atoms with E-state index in [9.17, 15) is 9.90 Å². The van der Waals surface area contributed by atoms with Gasteiger partial charge in [-0.2, -0.15) is 0 Å². The van der Waals surface area contributed by atoms with Crippen LogP contribution in [0, 0.1) is 5.92 Å². The van der Waals surface area contributed by atoms with Crippen LogP contribution in [-0.4, -0.2) is 41.5 Å². The van der Waals surface area contributed by atoms with E-state index in [0.717, 1.165) is 32.2 Å². The second-order valence-electron chi connectivity index (χ2n) is 7.34. The molecule has 0 aromatic rings. The van der Waals surface area contributed by atoms with Gasteiger partial charge < -0.3 is 5.11 Å². The number of Topliss-reactive ketones (excluding diaryl/α,β-unsaturated/α-hetero) is 1. The second-order valence-corrected chi connectivity index (χ2v) is 7.34. The monoisotopic (exact) mass is 335 g/mol. The van der Waals surface area contributed by atoms with Crippen molar-refractivity contribution in [2.24, 2.45) is 5.92 Å². The number of aliphatic hydroxyl groups is 1. The van der Waals surface area contributed by atoms with E-state index < -0.39 is 6.10 Å². The highest BCUT2D eigenvalue weighted by Crippen LogP contribution is 2.21. The van der Waals surface area contributed by atoms with Crippen LogP contribution in [0.5, 0.6) is 0 Å². The van der Waals surface area contributed by atoms with Gasteiger partial charge in [0.1, 0.15) is 0 Å². The van der Waals surface area contributed by atoms with Gasteiger partial charge in [0.2, 0.25) is 0 Å². The van der Waals surface area contributed by atoms with Crippen molar-refractivity contribution in [2.45, 2.75) is 83.3 Å². The zero-order valence-corrected chi connectivity index (χ0v) is 15.8. The molecule has 0 aliphatic carbocycles. The molecular formula is C21H37NO2. The lowest BCUT2D eigenvalue weighted by atomic mass is 9.89. The zero-order chi connectivity index (χ0) is 17.8. The third-order valence-corrected chi connectivity index (χ3v) is 5.18. The predicted octanol–water partition coefficient (Wildman–Crippen LogP) is 4.51. The number of aliphatic hydroxyl groups excluding tert-OH is 1. The molecular weight excluding hydrogens is 298 g/mol. The topological polar surface area (TPSA) is 40.5 Å². The lowest BCUT2D eigenvalue weighted by Crippen LogP contribution is -2.49. The van der Waals surface area contributed by atoms with Crippen LogP contribution in [0.15, 0.2) is 24.8 Å². The number of rotatable bonds is 5. The normalized spacial score (nSPS) is 25.5. The van der Waals surface area contributed by atoms with Gasteiger partial charge in [-0.1, -0.05) is 70.3 Å². The summed E-state index contributed by atoms with van der Waals surface area (Å²) < 4.78 is 0. The molecule has 1 fully saturated rings. The highest BCUT2D eigenvalue weighted by Gasteiger charge is 2.32. The van der Waals surface area contributed by atoms with Crippen LogP contribution in [0.1, 0.15) is 71.1 Å². The van der Waals surface area contributed by atoms with Crippen molar-refractivity contribution in [2.75, 3.05) is 13.6 Å². The largest absolute Gasteiger partial charge is 0.391 e. The van der Waals surface area contributed by atoms with Crippen LogP contribution in [-0.2, 0) is 4.79 Å². The summed E-state index contributed by atoms with van der Waals surface area (Å²) >= 11 is 0. The summed E-state index contributed by atoms with van der Waals surface area (Å²) in [5.41, 5.74) is 0. The maximum atomic E-state index is 12.8. The average molecular weight is 336 g/mol. The van der Waals surface area contributed by atoms with E-state index in [1.807, 2.05) is 26.1 Å². The van der Waals surface area contributed by atoms with Gasteiger partial charge in [0.25, 0.3) is 0 Å². The molecule has 3 atom stereocenters. The van der Waals surface area contributed by atoms with Gasteiger partial charge >= 0.3 is 0 Å². The molecule has 24 heavy (non-hydrogen) atoms. The molecule has 3 nitrogen and oxygen atoms in total. The summed E-state index contributed by atoms with van der Waals surface area (Å²) in [4.78, 5) is 14.9. The maximum absolute atomic E-state index is 12.8. The third-order valence-electron chi connectivity index (χ3n) is 5.18. The van der Waals surface area contributed by atoms with Crippen molar-refractivity contribution in [1.82, 2.24) is 4.90 Å². The average Bonchev–Trinajstić information content (AvgIpc) is 2.57. The van der Waals surface area contributed by atoms with Crippen LogP contribution >= 0.6 is 0 Å². The Morgan fingerprint density at radius 1 is 1.17 bits per heavy atom. The number of ketones is 1. The summed E-state index contributed by atoms with van der Waals surface area (Å²) in [5.74, 6) is 0.275. The van der Waals surface area contributed by atoms with Crippen LogP contribution in [0.3, 0.4) is 0 Å². The summed E-state index contributed by atoms with van der Waals surface area (Å²) in [6, 6.07) is -0.363. The van der Waals surface area contributed by atoms with Gasteiger partial charge in [-0.15, -0.1) is 0 Å². The van der Waals surface area contributed by atoms with Crippen molar-refractivity contribution in [3.05, 3.63) is 24.8 Å². The SMILES string of the molecule is C=C/C=C/C[C@@H](C)C(O)[C@H]1C(=O)CCCCCCCCCCN1C. The van der Waals surface area contributed by atoms with Crippen molar-refractivity contribution >= 4 is 5.78 Å². The molecule has 1 unspecified atom stereocenters. The molecule has 1 aliphatic heterocycles. The lowest BCUT2D eigenvalue weighted by Gasteiger charge is -2.33. The quantitative estimate of drug-likeness (QED) is 0.752. The predicted molar refractivity (Wildman–Crippen MR) is 102 cm³/mol. The van der Waals surface area contributed by atoms with Gasteiger partial charge in [-0.25, -0.2) is 0 Å². The Morgan fingerprint density at radius 2 is 1.75 bits per heavy atom. The number of carbonyl (C=O) groups is 1. The maximum Gasteiger partial charge on any atom is 0.152 e. The van der Waals surface area contributed by atoms with E-state index >= 15 is 0 Å². The Balaban J connectivity index is 2.74.